The van der Waals surface area contributed by atoms with Crippen LogP contribution in [0.1, 0.15) is 25.1 Å². The molecule has 0 aliphatic heterocycles. The molecular formula is C12H13NOS2. The quantitative estimate of drug-likeness (QED) is 0.898. The van der Waals surface area contributed by atoms with Crippen molar-refractivity contribution < 1.29 is 5.11 Å². The smallest absolute Gasteiger partial charge is 0.0957 e. The van der Waals surface area contributed by atoms with Gasteiger partial charge in [0.2, 0.25) is 0 Å². The number of hydrogen-bond donors (Lipinski definition) is 1. The number of thiophene rings is 1. The first-order valence-corrected chi connectivity index (χ1v) is 6.84. The van der Waals surface area contributed by atoms with Gasteiger partial charge in [-0.3, -0.25) is 4.98 Å². The van der Waals surface area contributed by atoms with Gasteiger partial charge in [-0.05, 0) is 30.0 Å². The van der Waals surface area contributed by atoms with Crippen LogP contribution in [0.5, 0.6) is 0 Å². The van der Waals surface area contributed by atoms with E-state index in [9.17, 15) is 5.11 Å². The molecule has 0 saturated heterocycles. The Hall–Kier alpha value is -0.840. The number of aliphatic hydroxyl groups is 1. The zero-order valence-electron chi connectivity index (χ0n) is 8.96. The summed E-state index contributed by atoms with van der Waals surface area (Å²) in [5.41, 5.74) is 0.748. The van der Waals surface area contributed by atoms with E-state index in [0.717, 1.165) is 10.6 Å². The summed E-state index contributed by atoms with van der Waals surface area (Å²) in [5, 5.41) is 11.7. The third kappa shape index (κ3) is 2.84. The fourth-order valence-electron chi connectivity index (χ4n) is 1.30. The number of hydrogen-bond acceptors (Lipinski definition) is 4. The van der Waals surface area contributed by atoms with Crippen molar-refractivity contribution in [2.45, 2.75) is 28.6 Å². The highest BCUT2D eigenvalue weighted by molar-refractivity contribution is 8.01. The van der Waals surface area contributed by atoms with E-state index >= 15 is 0 Å². The lowest BCUT2D eigenvalue weighted by molar-refractivity contribution is 0.169. The molecule has 4 heteroatoms. The predicted octanol–water partition coefficient (Wildman–Crippen LogP) is 3.74. The maximum absolute atomic E-state index is 9.61. The van der Waals surface area contributed by atoms with Crippen LogP contribution in [-0.4, -0.2) is 10.1 Å². The van der Waals surface area contributed by atoms with Crippen molar-refractivity contribution in [3.8, 4) is 0 Å². The molecule has 0 fully saturated rings. The number of rotatable bonds is 4. The average Bonchev–Trinajstić information content (AvgIpc) is 2.82. The van der Waals surface area contributed by atoms with Crippen molar-refractivity contribution in [3.05, 3.63) is 41.5 Å². The third-order valence-electron chi connectivity index (χ3n) is 2.20. The lowest BCUT2D eigenvalue weighted by atomic mass is 10.2. The molecule has 0 aliphatic rings. The Bertz CT molecular complexity index is 425. The van der Waals surface area contributed by atoms with E-state index in [2.05, 4.69) is 16.4 Å². The molecule has 0 unspecified atom stereocenters. The summed E-state index contributed by atoms with van der Waals surface area (Å²) in [6.07, 6.45) is 2.07. The Morgan fingerprint density at radius 2 is 2.31 bits per heavy atom. The molecule has 0 spiro atoms. The second-order valence-corrected chi connectivity index (χ2v) is 5.70. The molecule has 2 heterocycles. The third-order valence-corrected chi connectivity index (χ3v) is 4.22. The molecule has 2 aromatic rings. The molecule has 0 bridgehead atoms. The topological polar surface area (TPSA) is 33.1 Å². The lowest BCUT2D eigenvalue weighted by Gasteiger charge is -2.07. The van der Waals surface area contributed by atoms with E-state index in [1.54, 1.807) is 23.1 Å². The summed E-state index contributed by atoms with van der Waals surface area (Å²) in [5.74, 6) is 0. The Balaban J connectivity index is 2.07. The molecule has 2 nitrogen and oxygen atoms in total. The number of pyridine rings is 1. The molecule has 84 valence electrons. The first kappa shape index (κ1) is 11.6. The van der Waals surface area contributed by atoms with Gasteiger partial charge in [0.15, 0.2) is 0 Å². The number of aliphatic hydroxyl groups excluding tert-OH is 1. The van der Waals surface area contributed by atoms with Gasteiger partial charge in [-0.25, -0.2) is 0 Å². The highest BCUT2D eigenvalue weighted by atomic mass is 32.2. The number of nitrogens with zero attached hydrogens (tertiary/aromatic N) is 1. The van der Waals surface area contributed by atoms with E-state index in [1.807, 2.05) is 31.3 Å². The van der Waals surface area contributed by atoms with Gasteiger partial charge in [-0.2, -0.15) is 0 Å². The van der Waals surface area contributed by atoms with Gasteiger partial charge in [0, 0.05) is 11.1 Å². The van der Waals surface area contributed by atoms with Crippen LogP contribution in [0.15, 0.2) is 44.9 Å². The normalized spacial score (nSPS) is 12.6. The van der Waals surface area contributed by atoms with Crippen molar-refractivity contribution >= 4 is 23.1 Å². The summed E-state index contributed by atoms with van der Waals surface area (Å²) in [4.78, 5) is 5.37. The minimum Gasteiger partial charge on any atom is -0.387 e. The molecule has 2 rings (SSSR count). The predicted molar refractivity (Wildman–Crippen MR) is 67.9 cm³/mol. The zero-order chi connectivity index (χ0) is 11.4. The summed E-state index contributed by atoms with van der Waals surface area (Å²) in [6.45, 7) is 1.95. The minimum absolute atomic E-state index is 0.444. The molecule has 0 aliphatic carbocycles. The van der Waals surface area contributed by atoms with E-state index in [0.29, 0.717) is 6.42 Å². The molecule has 0 saturated carbocycles. The molecule has 1 atom stereocenters. The van der Waals surface area contributed by atoms with Gasteiger partial charge >= 0.3 is 0 Å². The van der Waals surface area contributed by atoms with Crippen molar-refractivity contribution in [1.82, 2.24) is 4.98 Å². The van der Waals surface area contributed by atoms with Gasteiger partial charge in [0.1, 0.15) is 0 Å². The van der Waals surface area contributed by atoms with Gasteiger partial charge in [0.05, 0.1) is 16.0 Å². The van der Waals surface area contributed by atoms with Crippen LogP contribution >= 0.6 is 23.1 Å². The van der Waals surface area contributed by atoms with Crippen LogP contribution in [0.25, 0.3) is 0 Å². The first-order chi connectivity index (χ1) is 7.79. The molecular weight excluding hydrogens is 238 g/mol. The Labute approximate surface area is 103 Å². The maximum Gasteiger partial charge on any atom is 0.0957 e. The van der Waals surface area contributed by atoms with Gasteiger partial charge in [0.25, 0.3) is 0 Å². The molecule has 1 N–H and O–H groups in total. The highest BCUT2D eigenvalue weighted by Gasteiger charge is 2.06. The molecule has 2 aromatic heterocycles. The first-order valence-electron chi connectivity index (χ1n) is 5.15. The van der Waals surface area contributed by atoms with Crippen molar-refractivity contribution in [1.29, 1.82) is 0 Å². The molecule has 16 heavy (non-hydrogen) atoms. The van der Waals surface area contributed by atoms with Crippen LogP contribution in [0.4, 0.5) is 0 Å². The second-order valence-electron chi connectivity index (χ2n) is 3.38. The average molecular weight is 251 g/mol. The van der Waals surface area contributed by atoms with Crippen molar-refractivity contribution in [2.24, 2.45) is 0 Å². The second kappa shape index (κ2) is 5.48. The minimum atomic E-state index is -0.444. The SMILES string of the molecule is CC[C@H](O)c1ccc(Sc2cccs2)cn1. The largest absolute Gasteiger partial charge is 0.387 e. The fourth-order valence-corrected chi connectivity index (χ4v) is 3.01. The van der Waals surface area contributed by atoms with Gasteiger partial charge in [-0.15, -0.1) is 11.3 Å². The molecule has 0 amide bonds. The number of aromatic nitrogens is 1. The highest BCUT2D eigenvalue weighted by Crippen LogP contribution is 2.31. The Morgan fingerprint density at radius 3 is 2.88 bits per heavy atom. The summed E-state index contributed by atoms with van der Waals surface area (Å²) < 4.78 is 1.26. The monoisotopic (exact) mass is 251 g/mol. The van der Waals surface area contributed by atoms with E-state index < -0.39 is 6.10 Å². The Kier molecular flexibility index (Phi) is 3.98. The summed E-state index contributed by atoms with van der Waals surface area (Å²) in [7, 11) is 0. The van der Waals surface area contributed by atoms with Crippen molar-refractivity contribution in [3.63, 3.8) is 0 Å². The zero-order valence-corrected chi connectivity index (χ0v) is 10.6. The van der Waals surface area contributed by atoms with Crippen molar-refractivity contribution in [2.75, 3.05) is 0 Å². The van der Waals surface area contributed by atoms with Gasteiger partial charge in [-0.1, -0.05) is 24.8 Å². The standard InChI is InChI=1S/C12H13NOS2/c1-2-11(14)10-6-5-9(8-13-10)16-12-4-3-7-15-12/h3-8,11,14H,2H2,1H3/t11-/m0/s1. The van der Waals surface area contributed by atoms with Gasteiger partial charge < -0.3 is 5.11 Å². The van der Waals surface area contributed by atoms with Crippen LogP contribution in [0.2, 0.25) is 0 Å². The van der Waals surface area contributed by atoms with Crippen LogP contribution in [0, 0.1) is 0 Å². The van der Waals surface area contributed by atoms with Crippen LogP contribution < -0.4 is 0 Å². The van der Waals surface area contributed by atoms with E-state index in [4.69, 9.17) is 0 Å². The Morgan fingerprint density at radius 1 is 1.44 bits per heavy atom. The fraction of sp³-hybridized carbons (Fsp3) is 0.250. The summed E-state index contributed by atoms with van der Waals surface area (Å²) in [6, 6.07) is 8.02. The maximum atomic E-state index is 9.61. The van der Waals surface area contributed by atoms with Crippen LogP contribution in [0.3, 0.4) is 0 Å². The summed E-state index contributed by atoms with van der Waals surface area (Å²) >= 11 is 3.42. The molecule has 0 aromatic carbocycles. The lowest BCUT2D eigenvalue weighted by Crippen LogP contribution is -1.97. The van der Waals surface area contributed by atoms with E-state index in [1.165, 1.54) is 4.21 Å². The van der Waals surface area contributed by atoms with E-state index in [-0.39, 0.29) is 0 Å². The van der Waals surface area contributed by atoms with Crippen LogP contribution in [-0.2, 0) is 0 Å². The molecule has 0 radical (unpaired) electrons.